The molecule has 2 heterocycles. The van der Waals surface area contributed by atoms with E-state index in [9.17, 15) is 28.5 Å². The zero-order valence-electron chi connectivity index (χ0n) is 23.5. The zero-order valence-corrected chi connectivity index (χ0v) is 23.5. The summed E-state index contributed by atoms with van der Waals surface area (Å²) in [4.78, 5) is 36.6. The van der Waals surface area contributed by atoms with Gasteiger partial charge in [0.25, 0.3) is 11.6 Å². The fourth-order valence-corrected chi connectivity index (χ4v) is 4.54. The van der Waals surface area contributed by atoms with Crippen molar-refractivity contribution in [1.82, 2.24) is 14.8 Å². The number of non-ortho nitro benzene ring substituents is 1. The molecule has 1 amide bonds. The summed E-state index contributed by atoms with van der Waals surface area (Å²) in [5.74, 6) is -1.97. The van der Waals surface area contributed by atoms with Gasteiger partial charge in [0.2, 0.25) is 0 Å². The molecule has 1 aliphatic rings. The number of nitrogens with zero attached hydrogens (tertiary/aromatic N) is 6. The number of aryl methyl sites for hydroxylation is 1. The van der Waals surface area contributed by atoms with Crippen LogP contribution >= 0.6 is 0 Å². The van der Waals surface area contributed by atoms with Crippen molar-refractivity contribution in [3.8, 4) is 28.6 Å². The molecule has 1 aliphatic heterocycles. The van der Waals surface area contributed by atoms with Gasteiger partial charge in [-0.25, -0.2) is 0 Å². The van der Waals surface area contributed by atoms with E-state index in [1.807, 2.05) is 12.1 Å². The van der Waals surface area contributed by atoms with Gasteiger partial charge in [-0.05, 0) is 61.9 Å². The lowest BCUT2D eigenvalue weighted by Crippen LogP contribution is -2.35. The van der Waals surface area contributed by atoms with Gasteiger partial charge in [0.05, 0.1) is 35.5 Å². The van der Waals surface area contributed by atoms with E-state index in [0.29, 0.717) is 11.6 Å². The molecule has 0 fully saturated rings. The van der Waals surface area contributed by atoms with E-state index < -0.39 is 29.3 Å². The Hall–Kier alpha value is -5.73. The maximum atomic E-state index is 13.4. The Bertz CT molecular complexity index is 1760. The fraction of sp³-hybridized carbons (Fsp3) is 0.207. The van der Waals surface area contributed by atoms with Crippen LogP contribution in [0, 0.1) is 23.0 Å². The van der Waals surface area contributed by atoms with Gasteiger partial charge in [-0.2, -0.15) is 18.9 Å². The van der Waals surface area contributed by atoms with Gasteiger partial charge in [-0.3, -0.25) is 19.7 Å². The van der Waals surface area contributed by atoms with Crippen molar-refractivity contribution in [2.24, 2.45) is 11.0 Å². The molecule has 1 aromatic heterocycles. The number of benzene rings is 3. The van der Waals surface area contributed by atoms with Gasteiger partial charge in [-0.15, -0.1) is 10.2 Å². The van der Waals surface area contributed by atoms with E-state index in [0.717, 1.165) is 22.7 Å². The molecule has 3 aromatic carbocycles. The SMILES string of the molecule is COc1ccc(Cn2c(C)nnc2-c2cc(N3N=C(C)C(C(=O)Oc4ccc([N+](=O)[O-])cc4)C3=O)ccc2OC(F)F)cc1. The molecule has 1 atom stereocenters. The van der Waals surface area contributed by atoms with Gasteiger partial charge >= 0.3 is 12.6 Å². The first-order valence-electron chi connectivity index (χ1n) is 13.0. The maximum absolute atomic E-state index is 13.4. The standard InChI is InChI=1S/C29H24F2N6O7/c1-16-25(28(39)43-22-11-6-19(7-12-22)37(40)41)27(38)36(34-16)20-8-13-24(44-29(30)31)23(14-20)26-33-32-17(2)35(26)15-18-4-9-21(42-3)10-5-18/h4-14,25,29H,15H2,1-3H3. The number of aromatic nitrogens is 3. The van der Waals surface area contributed by atoms with E-state index in [-0.39, 0.29) is 46.5 Å². The molecular formula is C29H24F2N6O7. The first-order valence-corrected chi connectivity index (χ1v) is 13.0. The summed E-state index contributed by atoms with van der Waals surface area (Å²) < 4.78 is 43.7. The second-order valence-electron chi connectivity index (χ2n) is 9.56. The number of nitro groups is 1. The van der Waals surface area contributed by atoms with Crippen LogP contribution in [-0.2, 0) is 16.1 Å². The van der Waals surface area contributed by atoms with E-state index in [1.54, 1.807) is 30.7 Å². The first-order chi connectivity index (χ1) is 21.0. The van der Waals surface area contributed by atoms with Gasteiger partial charge in [0.1, 0.15) is 23.1 Å². The highest BCUT2D eigenvalue weighted by atomic mass is 19.3. The second kappa shape index (κ2) is 12.2. The molecule has 0 radical (unpaired) electrons. The minimum atomic E-state index is -3.15. The number of ether oxygens (including phenoxy) is 3. The molecule has 0 saturated heterocycles. The molecule has 0 N–H and O–H groups in total. The van der Waals surface area contributed by atoms with Crippen molar-refractivity contribution in [1.29, 1.82) is 0 Å². The van der Waals surface area contributed by atoms with Crippen LogP contribution < -0.4 is 19.2 Å². The number of alkyl halides is 2. The fourth-order valence-electron chi connectivity index (χ4n) is 4.54. The minimum absolute atomic E-state index is 0.00185. The normalized spacial score (nSPS) is 14.5. The van der Waals surface area contributed by atoms with Crippen molar-refractivity contribution >= 4 is 29.0 Å². The van der Waals surface area contributed by atoms with E-state index >= 15 is 0 Å². The Balaban J connectivity index is 1.44. The Morgan fingerprint density at radius 2 is 1.70 bits per heavy atom. The number of carbonyl (C=O) groups excluding carboxylic acids is 2. The number of halogens is 2. The minimum Gasteiger partial charge on any atom is -0.497 e. The van der Waals surface area contributed by atoms with E-state index in [1.165, 1.54) is 37.3 Å². The van der Waals surface area contributed by atoms with E-state index in [4.69, 9.17) is 14.2 Å². The molecule has 5 rings (SSSR count). The summed E-state index contributed by atoms with van der Waals surface area (Å²) in [7, 11) is 1.55. The molecule has 0 saturated carbocycles. The number of anilines is 1. The smallest absolute Gasteiger partial charge is 0.387 e. The molecule has 44 heavy (non-hydrogen) atoms. The predicted molar refractivity (Wildman–Crippen MR) is 152 cm³/mol. The van der Waals surface area contributed by atoms with Crippen LogP contribution in [0.3, 0.4) is 0 Å². The molecule has 1 unspecified atom stereocenters. The van der Waals surface area contributed by atoms with Crippen LogP contribution in [0.4, 0.5) is 20.2 Å². The average molecular weight is 607 g/mol. The molecular weight excluding hydrogens is 582 g/mol. The number of hydrogen-bond donors (Lipinski definition) is 0. The predicted octanol–water partition coefficient (Wildman–Crippen LogP) is 4.76. The van der Waals surface area contributed by atoms with Crippen molar-refractivity contribution in [3.05, 3.63) is 88.2 Å². The quantitative estimate of drug-likeness (QED) is 0.0818. The lowest BCUT2D eigenvalue weighted by molar-refractivity contribution is -0.384. The Labute approximate surface area is 248 Å². The highest BCUT2D eigenvalue weighted by Gasteiger charge is 2.41. The molecule has 226 valence electrons. The lowest BCUT2D eigenvalue weighted by Gasteiger charge is -2.18. The second-order valence-corrected chi connectivity index (χ2v) is 9.56. The summed E-state index contributed by atoms with van der Waals surface area (Å²) in [6.07, 6.45) is 0. The zero-order chi connectivity index (χ0) is 31.5. The summed E-state index contributed by atoms with van der Waals surface area (Å²) in [5, 5.41) is 24.4. The number of hydrazone groups is 1. The van der Waals surface area contributed by atoms with Gasteiger partial charge < -0.3 is 18.8 Å². The third-order valence-electron chi connectivity index (χ3n) is 6.73. The molecule has 0 aliphatic carbocycles. The summed E-state index contributed by atoms with van der Waals surface area (Å²) in [5.41, 5.74) is 1.03. The Kier molecular flexibility index (Phi) is 8.28. The molecule has 13 nitrogen and oxygen atoms in total. The Morgan fingerprint density at radius 1 is 1.02 bits per heavy atom. The van der Waals surface area contributed by atoms with Crippen LogP contribution in [0.25, 0.3) is 11.4 Å². The first kappa shape index (κ1) is 29.8. The number of hydrogen-bond acceptors (Lipinski definition) is 10. The highest BCUT2D eigenvalue weighted by molar-refractivity contribution is 6.25. The Morgan fingerprint density at radius 3 is 2.34 bits per heavy atom. The van der Waals surface area contributed by atoms with E-state index in [2.05, 4.69) is 15.3 Å². The summed E-state index contributed by atoms with van der Waals surface area (Å²) >= 11 is 0. The average Bonchev–Trinajstić information content (AvgIpc) is 3.51. The van der Waals surface area contributed by atoms with Crippen molar-refractivity contribution in [3.63, 3.8) is 0 Å². The molecule has 15 heteroatoms. The topological polar surface area (TPSA) is 151 Å². The van der Waals surface area contributed by atoms with Crippen LogP contribution in [0.2, 0.25) is 0 Å². The van der Waals surface area contributed by atoms with Crippen molar-refractivity contribution in [2.75, 3.05) is 12.1 Å². The van der Waals surface area contributed by atoms with Crippen LogP contribution in [0.1, 0.15) is 18.3 Å². The molecule has 0 spiro atoms. The number of carbonyl (C=O) groups is 2. The number of esters is 1. The highest BCUT2D eigenvalue weighted by Crippen LogP contribution is 2.36. The summed E-state index contributed by atoms with van der Waals surface area (Å²) in [6.45, 7) is 0.304. The maximum Gasteiger partial charge on any atom is 0.387 e. The monoisotopic (exact) mass is 606 g/mol. The van der Waals surface area contributed by atoms with Gasteiger partial charge in [0.15, 0.2) is 11.7 Å². The van der Waals surface area contributed by atoms with Crippen LogP contribution in [-0.4, -0.2) is 51.0 Å². The number of amides is 1. The molecule has 4 aromatic rings. The largest absolute Gasteiger partial charge is 0.497 e. The van der Waals surface area contributed by atoms with Gasteiger partial charge in [-0.1, -0.05) is 12.1 Å². The summed E-state index contributed by atoms with van der Waals surface area (Å²) in [6, 6.07) is 16.0. The van der Waals surface area contributed by atoms with Crippen LogP contribution in [0.15, 0.2) is 71.8 Å². The van der Waals surface area contributed by atoms with Crippen LogP contribution in [0.5, 0.6) is 17.2 Å². The van der Waals surface area contributed by atoms with Crippen molar-refractivity contribution in [2.45, 2.75) is 27.0 Å². The molecule has 0 bridgehead atoms. The van der Waals surface area contributed by atoms with Crippen molar-refractivity contribution < 1.29 is 37.5 Å². The lowest BCUT2D eigenvalue weighted by atomic mass is 10.0. The third-order valence-corrected chi connectivity index (χ3v) is 6.73. The van der Waals surface area contributed by atoms with Gasteiger partial charge in [0, 0.05) is 12.1 Å². The number of rotatable bonds is 10. The third kappa shape index (κ3) is 6.06. The number of methoxy groups -OCH3 is 1. The number of nitro benzene ring substituents is 1.